The summed E-state index contributed by atoms with van der Waals surface area (Å²) >= 11 is 0. The van der Waals surface area contributed by atoms with Crippen LogP contribution in [0.25, 0.3) is 0 Å². The molecule has 0 spiro atoms. The van der Waals surface area contributed by atoms with Gasteiger partial charge in [-0.25, -0.2) is 0 Å². The lowest BCUT2D eigenvalue weighted by Gasteiger charge is -2.30. The van der Waals surface area contributed by atoms with Gasteiger partial charge in [0.2, 0.25) is 5.91 Å². The number of nitrogens with zero attached hydrogens (tertiary/aromatic N) is 1. The number of amides is 1. The number of hydrogen-bond acceptors (Lipinski definition) is 2. The lowest BCUT2D eigenvalue weighted by Crippen LogP contribution is -2.33. The van der Waals surface area contributed by atoms with E-state index in [4.69, 9.17) is 4.74 Å². The van der Waals surface area contributed by atoms with Crippen LogP contribution in [-0.2, 0) is 10.2 Å². The number of rotatable bonds is 4. The van der Waals surface area contributed by atoms with Gasteiger partial charge >= 0.3 is 0 Å². The van der Waals surface area contributed by atoms with Gasteiger partial charge in [-0.1, -0.05) is 25.5 Å². The standard InChI is InChI=1S/C16H23NO2/c1-4-8-16(9-10-17(12-16)13(2)18)14-6-5-7-15(11-14)19-3/h5-7,11H,4,8-10,12H2,1-3H3/t16-/m1/s1. The fourth-order valence-electron chi connectivity index (χ4n) is 3.16. The number of ether oxygens (including phenoxy) is 1. The van der Waals surface area contributed by atoms with E-state index in [-0.39, 0.29) is 11.3 Å². The zero-order chi connectivity index (χ0) is 13.9. The summed E-state index contributed by atoms with van der Waals surface area (Å²) in [5.74, 6) is 1.08. The van der Waals surface area contributed by atoms with Crippen molar-refractivity contribution < 1.29 is 9.53 Å². The number of hydrogen-bond donors (Lipinski definition) is 0. The van der Waals surface area contributed by atoms with E-state index in [0.717, 1.165) is 38.1 Å². The lowest BCUT2D eigenvalue weighted by molar-refractivity contribution is -0.128. The van der Waals surface area contributed by atoms with E-state index in [9.17, 15) is 4.79 Å². The molecule has 0 bridgehead atoms. The molecular formula is C16H23NO2. The number of methoxy groups -OCH3 is 1. The second-order valence-electron chi connectivity index (χ2n) is 5.45. The highest BCUT2D eigenvalue weighted by molar-refractivity contribution is 5.73. The smallest absolute Gasteiger partial charge is 0.219 e. The van der Waals surface area contributed by atoms with Crippen LogP contribution in [0.2, 0.25) is 0 Å². The third-order valence-electron chi connectivity index (χ3n) is 4.21. The maximum absolute atomic E-state index is 11.6. The van der Waals surface area contributed by atoms with Crippen LogP contribution in [0.1, 0.15) is 38.7 Å². The molecule has 1 aliphatic rings. The summed E-state index contributed by atoms with van der Waals surface area (Å²) in [5, 5.41) is 0. The van der Waals surface area contributed by atoms with Gasteiger partial charge < -0.3 is 9.64 Å². The molecule has 0 saturated carbocycles. The molecule has 0 radical (unpaired) electrons. The van der Waals surface area contributed by atoms with E-state index in [2.05, 4.69) is 19.1 Å². The zero-order valence-corrected chi connectivity index (χ0v) is 12.1. The highest BCUT2D eigenvalue weighted by Gasteiger charge is 2.39. The predicted octanol–water partition coefficient (Wildman–Crippen LogP) is 2.99. The molecule has 0 unspecified atom stereocenters. The Labute approximate surface area is 115 Å². The molecule has 1 saturated heterocycles. The van der Waals surface area contributed by atoms with Gasteiger partial charge in [0.1, 0.15) is 5.75 Å². The Morgan fingerprint density at radius 2 is 2.26 bits per heavy atom. The average Bonchev–Trinajstić information content (AvgIpc) is 2.85. The molecule has 1 fully saturated rings. The highest BCUT2D eigenvalue weighted by atomic mass is 16.5. The Kier molecular flexibility index (Phi) is 4.13. The molecule has 0 N–H and O–H groups in total. The van der Waals surface area contributed by atoms with Crippen LogP contribution in [0.3, 0.4) is 0 Å². The van der Waals surface area contributed by atoms with Crippen molar-refractivity contribution in [1.29, 1.82) is 0 Å². The van der Waals surface area contributed by atoms with E-state index in [1.54, 1.807) is 14.0 Å². The molecule has 19 heavy (non-hydrogen) atoms. The van der Waals surface area contributed by atoms with Crippen LogP contribution in [0.5, 0.6) is 5.75 Å². The SMILES string of the molecule is CCC[C@@]1(c2cccc(OC)c2)CCN(C(C)=O)C1. The van der Waals surface area contributed by atoms with Crippen LogP contribution in [0.4, 0.5) is 0 Å². The molecule has 1 atom stereocenters. The summed E-state index contributed by atoms with van der Waals surface area (Å²) in [5.41, 5.74) is 1.41. The first-order valence-electron chi connectivity index (χ1n) is 7.01. The van der Waals surface area contributed by atoms with Crippen molar-refractivity contribution in [2.75, 3.05) is 20.2 Å². The molecule has 0 aliphatic carbocycles. The molecule has 1 aromatic carbocycles. The molecule has 2 rings (SSSR count). The first-order chi connectivity index (χ1) is 9.11. The third-order valence-corrected chi connectivity index (χ3v) is 4.21. The van der Waals surface area contributed by atoms with E-state index in [1.807, 2.05) is 17.0 Å². The summed E-state index contributed by atoms with van der Waals surface area (Å²) in [6.45, 7) is 5.57. The Morgan fingerprint density at radius 1 is 1.47 bits per heavy atom. The average molecular weight is 261 g/mol. The van der Waals surface area contributed by atoms with E-state index < -0.39 is 0 Å². The summed E-state index contributed by atoms with van der Waals surface area (Å²) in [4.78, 5) is 13.6. The topological polar surface area (TPSA) is 29.5 Å². The van der Waals surface area contributed by atoms with Crippen molar-refractivity contribution in [2.45, 2.75) is 38.5 Å². The van der Waals surface area contributed by atoms with Crippen molar-refractivity contribution in [3.05, 3.63) is 29.8 Å². The minimum atomic E-state index is 0.106. The Hall–Kier alpha value is -1.51. The molecule has 0 aromatic heterocycles. The quantitative estimate of drug-likeness (QED) is 0.834. The Balaban J connectivity index is 2.31. The minimum Gasteiger partial charge on any atom is -0.497 e. The van der Waals surface area contributed by atoms with Crippen LogP contribution in [-0.4, -0.2) is 31.0 Å². The second kappa shape index (κ2) is 5.64. The van der Waals surface area contributed by atoms with Crippen LogP contribution in [0.15, 0.2) is 24.3 Å². The normalized spacial score (nSPS) is 22.6. The first kappa shape index (κ1) is 13.9. The van der Waals surface area contributed by atoms with E-state index in [0.29, 0.717) is 0 Å². The van der Waals surface area contributed by atoms with Crippen molar-refractivity contribution in [3.63, 3.8) is 0 Å². The van der Waals surface area contributed by atoms with Crippen molar-refractivity contribution in [1.82, 2.24) is 4.90 Å². The monoisotopic (exact) mass is 261 g/mol. The maximum Gasteiger partial charge on any atom is 0.219 e. The van der Waals surface area contributed by atoms with Gasteiger partial charge in [-0.15, -0.1) is 0 Å². The van der Waals surface area contributed by atoms with Gasteiger partial charge in [0, 0.05) is 25.4 Å². The lowest BCUT2D eigenvalue weighted by atomic mass is 9.76. The van der Waals surface area contributed by atoms with Crippen molar-refractivity contribution >= 4 is 5.91 Å². The fourth-order valence-corrected chi connectivity index (χ4v) is 3.16. The fraction of sp³-hybridized carbons (Fsp3) is 0.562. The molecular weight excluding hydrogens is 238 g/mol. The summed E-state index contributed by atoms with van der Waals surface area (Å²) < 4.78 is 5.33. The van der Waals surface area contributed by atoms with Crippen LogP contribution >= 0.6 is 0 Å². The van der Waals surface area contributed by atoms with Gasteiger partial charge in [0.15, 0.2) is 0 Å². The van der Waals surface area contributed by atoms with Crippen LogP contribution in [0, 0.1) is 0 Å². The number of carbonyl (C=O) groups is 1. The van der Waals surface area contributed by atoms with Crippen LogP contribution < -0.4 is 4.74 Å². The second-order valence-corrected chi connectivity index (χ2v) is 5.45. The summed E-state index contributed by atoms with van der Waals surface area (Å²) in [7, 11) is 1.70. The largest absolute Gasteiger partial charge is 0.497 e. The Morgan fingerprint density at radius 3 is 2.84 bits per heavy atom. The van der Waals surface area contributed by atoms with Gasteiger partial charge in [-0.05, 0) is 30.5 Å². The van der Waals surface area contributed by atoms with Crippen molar-refractivity contribution in [3.8, 4) is 5.75 Å². The number of carbonyl (C=O) groups excluding carboxylic acids is 1. The Bertz CT molecular complexity index is 458. The van der Waals surface area contributed by atoms with Crippen molar-refractivity contribution in [2.24, 2.45) is 0 Å². The molecule has 104 valence electrons. The molecule has 3 heteroatoms. The molecule has 1 heterocycles. The summed E-state index contributed by atoms with van der Waals surface area (Å²) in [6.07, 6.45) is 3.29. The maximum atomic E-state index is 11.6. The molecule has 1 aromatic rings. The summed E-state index contributed by atoms with van der Waals surface area (Å²) in [6, 6.07) is 8.31. The van der Waals surface area contributed by atoms with E-state index in [1.165, 1.54) is 5.56 Å². The minimum absolute atomic E-state index is 0.106. The molecule has 1 amide bonds. The van der Waals surface area contributed by atoms with Gasteiger partial charge in [0.25, 0.3) is 0 Å². The first-order valence-corrected chi connectivity index (χ1v) is 7.01. The predicted molar refractivity (Wildman–Crippen MR) is 76.5 cm³/mol. The molecule has 1 aliphatic heterocycles. The van der Waals surface area contributed by atoms with Gasteiger partial charge in [-0.2, -0.15) is 0 Å². The highest BCUT2D eigenvalue weighted by Crippen LogP contribution is 2.39. The van der Waals surface area contributed by atoms with E-state index >= 15 is 0 Å². The number of likely N-dealkylation sites (tertiary alicyclic amines) is 1. The van der Waals surface area contributed by atoms with Gasteiger partial charge in [-0.3, -0.25) is 4.79 Å². The third kappa shape index (κ3) is 2.75. The number of benzene rings is 1. The molecule has 3 nitrogen and oxygen atoms in total. The van der Waals surface area contributed by atoms with Gasteiger partial charge in [0.05, 0.1) is 7.11 Å². The zero-order valence-electron chi connectivity index (χ0n) is 12.1.